The van der Waals surface area contributed by atoms with Crippen molar-refractivity contribution in [2.75, 3.05) is 20.3 Å². The van der Waals surface area contributed by atoms with Crippen LogP contribution in [0.25, 0.3) is 0 Å². The zero-order valence-electron chi connectivity index (χ0n) is 17.0. The molecule has 0 saturated carbocycles. The molecular formula is C23H24N2O4S. The molecule has 0 bridgehead atoms. The second-order valence-corrected chi connectivity index (χ2v) is 7.55. The summed E-state index contributed by atoms with van der Waals surface area (Å²) in [6.07, 6.45) is 0.624. The summed E-state index contributed by atoms with van der Waals surface area (Å²) in [5.74, 6) is 0.0730. The molecule has 0 unspecified atom stereocenters. The molecule has 0 fully saturated rings. The second-order valence-electron chi connectivity index (χ2n) is 6.60. The average molecular weight is 425 g/mol. The quantitative estimate of drug-likeness (QED) is 0.487. The van der Waals surface area contributed by atoms with Gasteiger partial charge in [-0.15, -0.1) is 11.3 Å². The lowest BCUT2D eigenvalue weighted by molar-refractivity contribution is -0.143. The highest BCUT2D eigenvalue weighted by Crippen LogP contribution is 2.19. The van der Waals surface area contributed by atoms with E-state index in [4.69, 9.17) is 9.47 Å². The number of esters is 1. The van der Waals surface area contributed by atoms with Crippen molar-refractivity contribution < 1.29 is 19.1 Å². The largest absolute Gasteiger partial charge is 0.497 e. The summed E-state index contributed by atoms with van der Waals surface area (Å²) < 4.78 is 10.2. The van der Waals surface area contributed by atoms with Crippen LogP contribution in [0.4, 0.5) is 0 Å². The predicted molar refractivity (Wildman–Crippen MR) is 116 cm³/mol. The van der Waals surface area contributed by atoms with Gasteiger partial charge in [0.25, 0.3) is 5.91 Å². The first-order chi connectivity index (χ1) is 14.6. The highest BCUT2D eigenvalue weighted by Gasteiger charge is 2.22. The van der Waals surface area contributed by atoms with E-state index in [2.05, 4.69) is 4.98 Å². The molecule has 0 aliphatic carbocycles. The zero-order valence-corrected chi connectivity index (χ0v) is 17.9. The van der Waals surface area contributed by atoms with E-state index in [1.54, 1.807) is 19.4 Å². The van der Waals surface area contributed by atoms with Crippen molar-refractivity contribution in [3.8, 4) is 5.75 Å². The first-order valence-electron chi connectivity index (χ1n) is 9.65. The fraction of sp³-hybridized carbons (Fsp3) is 0.261. The summed E-state index contributed by atoms with van der Waals surface area (Å²) in [6.45, 7) is 2.21. The number of hydrogen-bond donors (Lipinski definition) is 0. The predicted octanol–water partition coefficient (Wildman–Crippen LogP) is 3.95. The number of methoxy groups -OCH3 is 1. The number of thiazole rings is 1. The number of rotatable bonds is 9. The van der Waals surface area contributed by atoms with Gasteiger partial charge in [0.1, 0.15) is 18.0 Å². The van der Waals surface area contributed by atoms with Crippen LogP contribution in [0.2, 0.25) is 0 Å². The van der Waals surface area contributed by atoms with Gasteiger partial charge in [0.15, 0.2) is 0 Å². The highest BCUT2D eigenvalue weighted by atomic mass is 32.1. The van der Waals surface area contributed by atoms with Crippen LogP contribution < -0.4 is 4.74 Å². The van der Waals surface area contributed by atoms with Gasteiger partial charge in [0.2, 0.25) is 0 Å². The molecule has 7 heteroatoms. The molecule has 0 radical (unpaired) electrons. The van der Waals surface area contributed by atoms with Crippen LogP contribution in [0.1, 0.15) is 33.5 Å². The summed E-state index contributed by atoms with van der Waals surface area (Å²) in [5, 5.41) is 2.57. The summed E-state index contributed by atoms with van der Waals surface area (Å²) in [5.41, 5.74) is 2.35. The molecule has 156 valence electrons. The maximum atomic E-state index is 13.1. The van der Waals surface area contributed by atoms with Gasteiger partial charge in [-0.05, 0) is 30.2 Å². The Bertz CT molecular complexity index is 970. The average Bonchev–Trinajstić information content (AvgIpc) is 3.22. The van der Waals surface area contributed by atoms with Crippen LogP contribution in [0.3, 0.4) is 0 Å². The number of ether oxygens (including phenoxy) is 2. The highest BCUT2D eigenvalue weighted by molar-refractivity contribution is 7.09. The van der Waals surface area contributed by atoms with Gasteiger partial charge >= 0.3 is 5.97 Å². The van der Waals surface area contributed by atoms with Gasteiger partial charge in [0.05, 0.1) is 18.7 Å². The molecular weight excluding hydrogens is 400 g/mol. The van der Waals surface area contributed by atoms with E-state index in [9.17, 15) is 9.59 Å². The van der Waals surface area contributed by atoms with Gasteiger partial charge in [-0.3, -0.25) is 9.59 Å². The van der Waals surface area contributed by atoms with Crippen molar-refractivity contribution in [3.05, 3.63) is 81.8 Å². The molecule has 0 atom stereocenters. The van der Waals surface area contributed by atoms with Crippen molar-refractivity contribution >= 4 is 23.2 Å². The Hall–Kier alpha value is -3.19. The maximum Gasteiger partial charge on any atom is 0.325 e. The first-order valence-corrected chi connectivity index (χ1v) is 10.5. The molecule has 0 aliphatic rings. The van der Waals surface area contributed by atoms with Gasteiger partial charge in [0, 0.05) is 18.3 Å². The molecule has 3 aromatic rings. The number of hydrogen-bond acceptors (Lipinski definition) is 6. The Balaban J connectivity index is 1.73. The molecule has 1 amide bonds. The maximum absolute atomic E-state index is 13.1. The lowest BCUT2D eigenvalue weighted by Gasteiger charge is -2.21. The van der Waals surface area contributed by atoms with Crippen molar-refractivity contribution in [3.63, 3.8) is 0 Å². The second kappa shape index (κ2) is 10.5. The van der Waals surface area contributed by atoms with Crippen LogP contribution in [0.5, 0.6) is 5.75 Å². The van der Waals surface area contributed by atoms with E-state index in [0.717, 1.165) is 21.9 Å². The van der Waals surface area contributed by atoms with Gasteiger partial charge in [-0.2, -0.15) is 0 Å². The van der Waals surface area contributed by atoms with E-state index in [1.165, 1.54) is 16.2 Å². The molecule has 30 heavy (non-hydrogen) atoms. The smallest absolute Gasteiger partial charge is 0.325 e. The number of carbonyl (C=O) groups excluding carboxylic acids is 2. The van der Waals surface area contributed by atoms with Crippen molar-refractivity contribution in [1.29, 1.82) is 0 Å². The molecule has 1 aromatic heterocycles. The fourth-order valence-corrected chi connectivity index (χ4v) is 3.74. The van der Waals surface area contributed by atoms with E-state index in [-0.39, 0.29) is 19.1 Å². The van der Waals surface area contributed by atoms with Crippen LogP contribution in [0, 0.1) is 0 Å². The lowest BCUT2D eigenvalue weighted by atomic mass is 10.1. The van der Waals surface area contributed by atoms with Gasteiger partial charge < -0.3 is 14.4 Å². The minimum atomic E-state index is -0.435. The van der Waals surface area contributed by atoms with Crippen LogP contribution in [0.15, 0.2) is 60.0 Å². The van der Waals surface area contributed by atoms with Crippen LogP contribution in [-0.4, -0.2) is 42.0 Å². The molecule has 0 saturated heterocycles. The van der Waals surface area contributed by atoms with Crippen molar-refractivity contribution in [2.24, 2.45) is 0 Å². The standard InChI is InChI=1S/C23H24N2O4S/c1-3-29-22(26)15-25(14-18-7-5-4-6-8-18)23(27)20-16-30-21(24-20)13-17-9-11-19(28-2)12-10-17/h4-12,16H,3,13-15H2,1-2H3. The normalized spacial score (nSPS) is 10.5. The Labute approximate surface area is 180 Å². The number of carbonyl (C=O) groups is 2. The molecule has 6 nitrogen and oxygen atoms in total. The monoisotopic (exact) mass is 424 g/mol. The topological polar surface area (TPSA) is 68.7 Å². The minimum absolute atomic E-state index is 0.118. The van der Waals surface area contributed by atoms with Crippen molar-refractivity contribution in [1.82, 2.24) is 9.88 Å². The Morgan fingerprint density at radius 3 is 2.43 bits per heavy atom. The Morgan fingerprint density at radius 1 is 1.03 bits per heavy atom. The van der Waals surface area contributed by atoms with Gasteiger partial charge in [-0.25, -0.2) is 4.98 Å². The van der Waals surface area contributed by atoms with Gasteiger partial charge in [-0.1, -0.05) is 42.5 Å². The lowest BCUT2D eigenvalue weighted by Crippen LogP contribution is -2.36. The Kier molecular flexibility index (Phi) is 7.57. The molecule has 0 spiro atoms. The third-order valence-corrected chi connectivity index (χ3v) is 5.26. The summed E-state index contributed by atoms with van der Waals surface area (Å²) in [7, 11) is 1.63. The molecule has 1 heterocycles. The Morgan fingerprint density at radius 2 is 1.77 bits per heavy atom. The molecule has 2 aromatic carbocycles. The van der Waals surface area contributed by atoms with E-state index in [1.807, 2.05) is 54.6 Å². The summed E-state index contributed by atoms with van der Waals surface area (Å²) in [4.78, 5) is 31.1. The fourth-order valence-electron chi connectivity index (χ4n) is 2.94. The van der Waals surface area contributed by atoms with Crippen molar-refractivity contribution in [2.45, 2.75) is 19.9 Å². The molecule has 3 rings (SSSR count). The molecule has 0 N–H and O–H groups in total. The SMILES string of the molecule is CCOC(=O)CN(Cc1ccccc1)C(=O)c1csc(Cc2ccc(OC)cc2)n1. The summed E-state index contributed by atoms with van der Waals surface area (Å²) >= 11 is 1.43. The first kappa shape index (κ1) is 21.5. The number of aromatic nitrogens is 1. The van der Waals surface area contributed by atoms with E-state index < -0.39 is 5.97 Å². The zero-order chi connectivity index (χ0) is 21.3. The van der Waals surface area contributed by atoms with E-state index >= 15 is 0 Å². The number of amides is 1. The van der Waals surface area contributed by atoms with Crippen LogP contribution in [-0.2, 0) is 22.5 Å². The minimum Gasteiger partial charge on any atom is -0.497 e. The number of benzene rings is 2. The van der Waals surface area contributed by atoms with E-state index in [0.29, 0.717) is 18.7 Å². The summed E-state index contributed by atoms with van der Waals surface area (Å²) in [6, 6.07) is 17.3. The molecule has 0 aliphatic heterocycles. The van der Waals surface area contributed by atoms with Crippen LogP contribution >= 0.6 is 11.3 Å². The third-order valence-electron chi connectivity index (χ3n) is 4.41. The third kappa shape index (κ3) is 5.90. The number of nitrogens with zero attached hydrogens (tertiary/aromatic N) is 2.